The fourth-order valence-corrected chi connectivity index (χ4v) is 4.29. The van der Waals surface area contributed by atoms with Crippen molar-refractivity contribution in [3.63, 3.8) is 0 Å². The first kappa shape index (κ1) is 16.8. The third-order valence-electron chi connectivity index (χ3n) is 5.87. The van der Waals surface area contributed by atoms with E-state index in [4.69, 9.17) is 0 Å². The Morgan fingerprint density at radius 2 is 2.00 bits per heavy atom. The van der Waals surface area contributed by atoms with Gasteiger partial charge < -0.3 is 9.80 Å². The minimum atomic E-state index is -0.374. The average Bonchev–Trinajstić information content (AvgIpc) is 3.13. The Labute approximate surface area is 153 Å². The zero-order valence-corrected chi connectivity index (χ0v) is 15.5. The summed E-state index contributed by atoms with van der Waals surface area (Å²) in [5, 5.41) is 4.32. The highest BCUT2D eigenvalue weighted by atomic mass is 16.2. The van der Waals surface area contributed by atoms with Gasteiger partial charge in [0.05, 0.1) is 18.2 Å². The number of para-hydroxylation sites is 1. The van der Waals surface area contributed by atoms with Crippen molar-refractivity contribution in [2.45, 2.75) is 32.2 Å². The average molecular weight is 352 g/mol. The maximum Gasteiger partial charge on any atom is 0.233 e. The molecule has 0 bridgehead atoms. The van der Waals surface area contributed by atoms with E-state index in [1.807, 2.05) is 37.1 Å². The van der Waals surface area contributed by atoms with Gasteiger partial charge in [0.15, 0.2) is 0 Å². The minimum absolute atomic E-state index is 0.0156. The molecule has 2 aliphatic heterocycles. The van der Waals surface area contributed by atoms with E-state index in [2.05, 4.69) is 11.2 Å². The Morgan fingerprint density at radius 3 is 2.73 bits per heavy atom. The van der Waals surface area contributed by atoms with E-state index in [0.717, 1.165) is 29.8 Å². The van der Waals surface area contributed by atoms with Crippen molar-refractivity contribution in [2.24, 2.45) is 13.0 Å². The number of carbonyl (C=O) groups excluding carboxylic acids is 2. The number of hydrogen-bond donors (Lipinski definition) is 0. The number of anilines is 1. The largest absolute Gasteiger partial charge is 0.338 e. The highest BCUT2D eigenvalue weighted by molar-refractivity contribution is 6.00. The number of rotatable bonds is 2. The lowest BCUT2D eigenvalue weighted by molar-refractivity contribution is -0.128. The Morgan fingerprint density at radius 1 is 1.23 bits per heavy atom. The normalized spacial score (nSPS) is 22.7. The zero-order valence-electron chi connectivity index (χ0n) is 15.5. The van der Waals surface area contributed by atoms with Crippen LogP contribution in [-0.2, 0) is 23.1 Å². The van der Waals surface area contributed by atoms with Crippen LogP contribution in [0.5, 0.6) is 0 Å². The Hall–Kier alpha value is -2.63. The second-order valence-electron chi connectivity index (χ2n) is 7.29. The zero-order chi connectivity index (χ0) is 18.4. The van der Waals surface area contributed by atoms with E-state index in [1.165, 1.54) is 5.56 Å². The maximum atomic E-state index is 13.5. The van der Waals surface area contributed by atoms with Gasteiger partial charge in [-0.25, -0.2) is 0 Å². The van der Waals surface area contributed by atoms with Crippen LogP contribution in [0.25, 0.3) is 0 Å². The number of likely N-dealkylation sites (tertiary alicyclic amines) is 1. The topological polar surface area (TPSA) is 58.4 Å². The molecule has 0 radical (unpaired) electrons. The molecule has 2 aliphatic rings. The molecule has 0 saturated carbocycles. The molecule has 1 aromatic carbocycles. The number of amides is 2. The first-order chi connectivity index (χ1) is 12.5. The molecule has 6 heteroatoms. The molecule has 4 rings (SSSR count). The monoisotopic (exact) mass is 352 g/mol. The quantitative estimate of drug-likeness (QED) is 0.833. The molecule has 0 N–H and O–H groups in total. The summed E-state index contributed by atoms with van der Waals surface area (Å²) in [5.41, 5.74) is 4.16. The molecular formula is C20H24N4O2. The SMILES string of the molecule is Cc1c([C@@H]2[C@@H](C(=O)N3CCCc4ccccc43)CC(=O)N2C)cnn1C. The van der Waals surface area contributed by atoms with Crippen molar-refractivity contribution in [3.05, 3.63) is 47.3 Å². The molecule has 0 unspecified atom stereocenters. The number of aryl methyl sites for hydroxylation is 2. The Kier molecular flexibility index (Phi) is 4.05. The van der Waals surface area contributed by atoms with E-state index in [1.54, 1.807) is 22.8 Å². The molecule has 3 heterocycles. The van der Waals surface area contributed by atoms with E-state index >= 15 is 0 Å². The van der Waals surface area contributed by atoms with Crippen LogP contribution in [0.15, 0.2) is 30.5 Å². The summed E-state index contributed by atoms with van der Waals surface area (Å²) >= 11 is 0. The van der Waals surface area contributed by atoms with Crippen molar-refractivity contribution >= 4 is 17.5 Å². The van der Waals surface area contributed by atoms with Crippen LogP contribution in [-0.4, -0.2) is 40.1 Å². The van der Waals surface area contributed by atoms with Gasteiger partial charge in [-0.3, -0.25) is 14.3 Å². The van der Waals surface area contributed by atoms with Crippen molar-refractivity contribution in [1.29, 1.82) is 0 Å². The number of aromatic nitrogens is 2. The van der Waals surface area contributed by atoms with Crippen molar-refractivity contribution in [1.82, 2.24) is 14.7 Å². The number of benzene rings is 1. The second-order valence-corrected chi connectivity index (χ2v) is 7.29. The van der Waals surface area contributed by atoms with Gasteiger partial charge in [-0.05, 0) is 31.4 Å². The number of fused-ring (bicyclic) bond motifs is 1. The summed E-state index contributed by atoms with van der Waals surface area (Å²) in [5.74, 6) is -0.313. The number of hydrogen-bond acceptors (Lipinski definition) is 3. The second kappa shape index (κ2) is 6.27. The van der Waals surface area contributed by atoms with Gasteiger partial charge >= 0.3 is 0 Å². The summed E-state index contributed by atoms with van der Waals surface area (Å²) in [6.07, 6.45) is 4.00. The summed E-state index contributed by atoms with van der Waals surface area (Å²) in [7, 11) is 3.67. The maximum absolute atomic E-state index is 13.5. The molecule has 0 spiro atoms. The molecule has 6 nitrogen and oxygen atoms in total. The van der Waals surface area contributed by atoms with Crippen LogP contribution in [0.4, 0.5) is 5.69 Å². The highest BCUT2D eigenvalue weighted by Gasteiger charge is 2.46. The molecule has 2 atom stereocenters. The lowest BCUT2D eigenvalue weighted by Gasteiger charge is -2.33. The summed E-state index contributed by atoms with van der Waals surface area (Å²) < 4.78 is 1.80. The lowest BCUT2D eigenvalue weighted by atomic mass is 9.91. The third-order valence-corrected chi connectivity index (χ3v) is 5.87. The molecular weight excluding hydrogens is 328 g/mol. The van der Waals surface area contributed by atoms with Gasteiger partial charge in [-0.1, -0.05) is 18.2 Å². The van der Waals surface area contributed by atoms with Crippen molar-refractivity contribution in [2.75, 3.05) is 18.5 Å². The first-order valence-corrected chi connectivity index (χ1v) is 9.12. The van der Waals surface area contributed by atoms with Crippen LogP contribution < -0.4 is 4.90 Å². The molecule has 1 aromatic heterocycles. The lowest BCUT2D eigenvalue weighted by Crippen LogP contribution is -2.41. The molecule has 1 saturated heterocycles. The van der Waals surface area contributed by atoms with Gasteiger partial charge in [-0.2, -0.15) is 5.10 Å². The van der Waals surface area contributed by atoms with Gasteiger partial charge in [0.25, 0.3) is 0 Å². The summed E-state index contributed by atoms with van der Waals surface area (Å²) in [6, 6.07) is 7.83. The van der Waals surface area contributed by atoms with Gasteiger partial charge in [0, 0.05) is 44.0 Å². The van der Waals surface area contributed by atoms with Crippen LogP contribution in [0.2, 0.25) is 0 Å². The van der Waals surface area contributed by atoms with Gasteiger partial charge in [0.1, 0.15) is 0 Å². The number of nitrogens with zero attached hydrogens (tertiary/aromatic N) is 4. The molecule has 26 heavy (non-hydrogen) atoms. The Balaban J connectivity index is 1.71. The van der Waals surface area contributed by atoms with Crippen LogP contribution >= 0.6 is 0 Å². The predicted octanol–water partition coefficient (Wildman–Crippen LogP) is 2.23. The standard InChI is InChI=1S/C20H24N4O2/c1-13-16(12-21-23(13)3)19-15(11-18(25)22(19)2)20(26)24-10-6-8-14-7-4-5-9-17(14)24/h4-5,7,9,12,15,19H,6,8,10-11H2,1-3H3/t15-,19-/m0/s1. The molecule has 136 valence electrons. The van der Waals surface area contributed by atoms with Gasteiger partial charge in [-0.15, -0.1) is 0 Å². The fourth-order valence-electron chi connectivity index (χ4n) is 4.29. The van der Waals surface area contributed by atoms with Gasteiger partial charge in [0.2, 0.25) is 11.8 Å². The first-order valence-electron chi connectivity index (χ1n) is 9.12. The van der Waals surface area contributed by atoms with Crippen LogP contribution in [0.1, 0.15) is 35.7 Å². The third kappa shape index (κ3) is 2.52. The predicted molar refractivity (Wildman–Crippen MR) is 98.7 cm³/mol. The summed E-state index contributed by atoms with van der Waals surface area (Å²) in [6.45, 7) is 2.69. The molecule has 0 aliphatic carbocycles. The van der Waals surface area contributed by atoms with Crippen LogP contribution in [0, 0.1) is 12.8 Å². The number of carbonyl (C=O) groups is 2. The fraction of sp³-hybridized carbons (Fsp3) is 0.450. The van der Waals surface area contributed by atoms with E-state index in [-0.39, 0.29) is 30.2 Å². The molecule has 2 amide bonds. The summed E-state index contributed by atoms with van der Waals surface area (Å²) in [4.78, 5) is 29.5. The van der Waals surface area contributed by atoms with Crippen molar-refractivity contribution < 1.29 is 9.59 Å². The Bertz CT molecular complexity index is 872. The smallest absolute Gasteiger partial charge is 0.233 e. The van der Waals surface area contributed by atoms with E-state index < -0.39 is 0 Å². The minimum Gasteiger partial charge on any atom is -0.338 e. The molecule has 2 aromatic rings. The van der Waals surface area contributed by atoms with E-state index in [0.29, 0.717) is 6.54 Å². The van der Waals surface area contributed by atoms with Crippen molar-refractivity contribution in [3.8, 4) is 0 Å². The van der Waals surface area contributed by atoms with Crippen LogP contribution in [0.3, 0.4) is 0 Å². The highest BCUT2D eigenvalue weighted by Crippen LogP contribution is 2.40. The van der Waals surface area contributed by atoms with E-state index in [9.17, 15) is 9.59 Å². The molecule has 1 fully saturated rings.